The molecule has 0 bridgehead atoms. The number of alkyl halides is 3. The molecule has 2 aliphatic rings. The van der Waals surface area contributed by atoms with Crippen molar-refractivity contribution in [2.75, 3.05) is 18.5 Å². The molecule has 2 aliphatic heterocycles. The number of thioether (sulfide) groups is 1. The molecule has 8 nitrogen and oxygen atoms in total. The third-order valence-corrected chi connectivity index (χ3v) is 8.26. The molecule has 2 atom stereocenters. The maximum Gasteiger partial charge on any atom is 0.408 e. The number of halogens is 4. The molecule has 1 amide bonds. The number of benzene rings is 2. The Bertz CT molecular complexity index is 1550. The number of hydrogen-bond donors (Lipinski definition) is 0. The van der Waals surface area contributed by atoms with Crippen LogP contribution in [0.25, 0.3) is 0 Å². The van der Waals surface area contributed by atoms with Gasteiger partial charge in [-0.3, -0.25) is 24.1 Å². The second-order valence-corrected chi connectivity index (χ2v) is 10.6. The number of carbonyl (C=O) groups is 2. The van der Waals surface area contributed by atoms with Gasteiger partial charge in [-0.25, -0.2) is 0 Å². The molecule has 5 rings (SSSR count). The number of aromatic nitrogens is 1. The number of carbonyl (C=O) groups excluding carboxylic acids is 2. The highest BCUT2D eigenvalue weighted by atomic mass is 35.5. The van der Waals surface area contributed by atoms with Crippen LogP contribution in [-0.2, 0) is 15.3 Å². The molecular weight excluding hydrogens is 571 g/mol. The van der Waals surface area contributed by atoms with Crippen LogP contribution in [0.2, 0.25) is 5.02 Å². The molecule has 2 aromatic carbocycles. The molecule has 0 unspecified atom stereocenters. The van der Waals surface area contributed by atoms with E-state index < -0.39 is 60.5 Å². The third-order valence-electron chi connectivity index (χ3n) is 6.79. The normalized spacial score (nSPS) is 17.4. The molecule has 0 N–H and O–H groups in total. The van der Waals surface area contributed by atoms with E-state index >= 15 is 0 Å². The number of rotatable bonds is 5. The summed E-state index contributed by atoms with van der Waals surface area (Å²) in [5.41, 5.74) is 1.12. The van der Waals surface area contributed by atoms with Crippen molar-refractivity contribution in [3.05, 3.63) is 92.4 Å². The van der Waals surface area contributed by atoms with Gasteiger partial charge >= 0.3 is 12.1 Å². The first kappa shape index (κ1) is 27.9. The molecule has 3 heterocycles. The Morgan fingerprint density at radius 1 is 1.15 bits per heavy atom. The van der Waals surface area contributed by atoms with Crippen molar-refractivity contribution in [1.82, 2.24) is 9.58 Å². The zero-order valence-corrected chi connectivity index (χ0v) is 22.8. The lowest BCUT2D eigenvalue weighted by molar-refractivity contribution is -0.173. The highest BCUT2D eigenvalue weighted by Crippen LogP contribution is 2.45. The van der Waals surface area contributed by atoms with Gasteiger partial charge < -0.3 is 14.4 Å². The van der Waals surface area contributed by atoms with Gasteiger partial charge in [0.25, 0.3) is 5.91 Å². The van der Waals surface area contributed by atoms with Crippen LogP contribution in [0.3, 0.4) is 0 Å². The minimum Gasteiger partial charge on any atom is -0.451 e. The summed E-state index contributed by atoms with van der Waals surface area (Å²) in [7, 11) is 0. The van der Waals surface area contributed by atoms with Crippen molar-refractivity contribution >= 4 is 35.2 Å². The summed E-state index contributed by atoms with van der Waals surface area (Å²) >= 11 is 8.31. The molecule has 3 aromatic rings. The smallest absolute Gasteiger partial charge is 0.408 e. The predicted octanol–water partition coefficient (Wildman–Crippen LogP) is 5.10. The second kappa shape index (κ2) is 10.7. The second-order valence-electron chi connectivity index (χ2n) is 9.22. The van der Waals surface area contributed by atoms with Crippen molar-refractivity contribution in [3.63, 3.8) is 0 Å². The van der Waals surface area contributed by atoms with E-state index in [9.17, 15) is 27.6 Å². The number of amides is 1. The van der Waals surface area contributed by atoms with Gasteiger partial charge in [0.2, 0.25) is 18.0 Å². The summed E-state index contributed by atoms with van der Waals surface area (Å²) < 4.78 is 53.6. The average Bonchev–Trinajstić information content (AvgIpc) is 3.07. The molecule has 0 aliphatic carbocycles. The average molecular weight is 594 g/mol. The van der Waals surface area contributed by atoms with Crippen LogP contribution in [0.15, 0.2) is 64.4 Å². The predicted molar refractivity (Wildman–Crippen MR) is 142 cm³/mol. The van der Waals surface area contributed by atoms with Gasteiger partial charge in [0, 0.05) is 40.4 Å². The first-order valence-electron chi connectivity index (χ1n) is 12.1. The SMILES string of the molecule is CC(=O)OCOc1c2n(ccc1=O)N([C@@H]1c3ccccc3SCc3cccc(Cl)c31)CN([C@H](C)C(F)(F)F)C2=O. The van der Waals surface area contributed by atoms with E-state index in [0.717, 1.165) is 35.9 Å². The highest BCUT2D eigenvalue weighted by molar-refractivity contribution is 7.98. The summed E-state index contributed by atoms with van der Waals surface area (Å²) in [5, 5.41) is 1.97. The summed E-state index contributed by atoms with van der Waals surface area (Å²) in [6.45, 7) is 0.817. The Kier molecular flexibility index (Phi) is 7.49. The monoisotopic (exact) mass is 593 g/mol. The van der Waals surface area contributed by atoms with Gasteiger partial charge in [0.15, 0.2) is 5.69 Å². The van der Waals surface area contributed by atoms with Crippen LogP contribution in [0.1, 0.15) is 47.1 Å². The van der Waals surface area contributed by atoms with E-state index in [1.165, 1.54) is 10.9 Å². The quantitative estimate of drug-likeness (QED) is 0.301. The van der Waals surface area contributed by atoms with Crippen LogP contribution in [0, 0.1) is 0 Å². The molecule has 0 saturated carbocycles. The van der Waals surface area contributed by atoms with Gasteiger partial charge in [-0.05, 0) is 30.2 Å². The Morgan fingerprint density at radius 3 is 2.62 bits per heavy atom. The summed E-state index contributed by atoms with van der Waals surface area (Å²) in [4.78, 5) is 39.3. The topological polar surface area (TPSA) is 81.1 Å². The first-order valence-corrected chi connectivity index (χ1v) is 13.5. The number of ether oxygens (including phenoxy) is 2. The Balaban J connectivity index is 1.76. The number of nitrogens with zero attached hydrogens (tertiary/aromatic N) is 3. The van der Waals surface area contributed by atoms with Crippen LogP contribution in [0.5, 0.6) is 5.75 Å². The first-order chi connectivity index (χ1) is 19.0. The van der Waals surface area contributed by atoms with E-state index in [4.69, 9.17) is 21.1 Å². The van der Waals surface area contributed by atoms with Gasteiger partial charge in [-0.1, -0.05) is 41.9 Å². The zero-order valence-electron chi connectivity index (χ0n) is 21.3. The fraction of sp³-hybridized carbons (Fsp3) is 0.296. The van der Waals surface area contributed by atoms with Gasteiger partial charge in [-0.15, -0.1) is 11.8 Å². The third kappa shape index (κ3) is 5.01. The minimum absolute atomic E-state index is 0.404. The fourth-order valence-electron chi connectivity index (χ4n) is 4.81. The van der Waals surface area contributed by atoms with Gasteiger partial charge in [0.1, 0.15) is 18.8 Å². The standard InChI is InChI=1S/C27H23ClF3N3O5S/c1-15(27(29,30)31)32-13-34(33-11-10-20(36)25(24(33)26(32)37)39-14-38-16(2)35)23-18-7-3-4-9-21(18)40-12-17-6-5-8-19(28)22(17)23/h3-11,15,23H,12-14H2,1-2H3/t15-,23-/m1/s1. The Hall–Kier alpha value is -3.64. The van der Waals surface area contributed by atoms with Crippen LogP contribution >= 0.6 is 23.4 Å². The maximum atomic E-state index is 14.0. The largest absolute Gasteiger partial charge is 0.451 e. The van der Waals surface area contributed by atoms with Crippen molar-refractivity contribution in [2.45, 2.75) is 42.8 Å². The highest BCUT2D eigenvalue weighted by Gasteiger charge is 2.48. The molecule has 13 heteroatoms. The molecule has 0 saturated heterocycles. The van der Waals surface area contributed by atoms with E-state index in [2.05, 4.69) is 0 Å². The Labute approximate surface area is 236 Å². The van der Waals surface area contributed by atoms with Crippen molar-refractivity contribution < 1.29 is 32.2 Å². The molecular formula is C27H23ClF3N3O5S. The fourth-order valence-corrected chi connectivity index (χ4v) is 6.19. The zero-order chi connectivity index (χ0) is 28.8. The molecule has 0 radical (unpaired) electrons. The van der Waals surface area contributed by atoms with Crippen molar-refractivity contribution in [3.8, 4) is 5.75 Å². The van der Waals surface area contributed by atoms with Gasteiger partial charge in [-0.2, -0.15) is 13.2 Å². The minimum atomic E-state index is -4.76. The number of esters is 1. The van der Waals surface area contributed by atoms with E-state index in [1.54, 1.807) is 28.9 Å². The van der Waals surface area contributed by atoms with Crippen LogP contribution < -0.4 is 15.2 Å². The summed E-state index contributed by atoms with van der Waals surface area (Å²) in [6, 6.07) is 11.1. The molecule has 0 fully saturated rings. The molecule has 1 aromatic heterocycles. The maximum absolute atomic E-state index is 14.0. The summed E-state index contributed by atoms with van der Waals surface area (Å²) in [5.74, 6) is -1.74. The number of pyridine rings is 1. The Morgan fingerprint density at radius 2 is 1.90 bits per heavy atom. The number of fused-ring (bicyclic) bond motifs is 3. The van der Waals surface area contributed by atoms with Crippen LogP contribution in [-0.4, -0.2) is 47.1 Å². The van der Waals surface area contributed by atoms with Crippen molar-refractivity contribution in [2.24, 2.45) is 0 Å². The molecule has 40 heavy (non-hydrogen) atoms. The van der Waals surface area contributed by atoms with E-state index in [1.807, 2.05) is 30.3 Å². The number of hydrogen-bond acceptors (Lipinski definition) is 7. The van der Waals surface area contributed by atoms with Gasteiger partial charge in [0.05, 0.1) is 0 Å². The molecule has 0 spiro atoms. The summed E-state index contributed by atoms with van der Waals surface area (Å²) in [6.07, 6.45) is -3.44. The van der Waals surface area contributed by atoms with Crippen LogP contribution in [0.4, 0.5) is 13.2 Å². The van der Waals surface area contributed by atoms with Crippen molar-refractivity contribution in [1.29, 1.82) is 0 Å². The lowest BCUT2D eigenvalue weighted by atomic mass is 9.94. The van der Waals surface area contributed by atoms with E-state index in [0.29, 0.717) is 21.2 Å². The van der Waals surface area contributed by atoms with E-state index in [-0.39, 0.29) is 0 Å². The molecule has 210 valence electrons. The lowest BCUT2D eigenvalue weighted by Gasteiger charge is -2.46. The lowest BCUT2D eigenvalue weighted by Crippen LogP contribution is -2.60.